The number of hydrogen-bond acceptors (Lipinski definition) is 1. The molecule has 0 unspecified atom stereocenters. The Bertz CT molecular complexity index is 1220. The van der Waals surface area contributed by atoms with Crippen LogP contribution in [0.25, 0.3) is 38.4 Å². The Kier molecular flexibility index (Phi) is 3.29. The Morgan fingerprint density at radius 3 is 2.08 bits per heavy atom. The second kappa shape index (κ2) is 5.65. The largest absolute Gasteiger partial charge is 0.0984 e. The van der Waals surface area contributed by atoms with Crippen LogP contribution in [-0.2, 0) is 0 Å². The third kappa shape index (κ3) is 2.24. The van der Waals surface area contributed by atoms with Gasteiger partial charge in [0.25, 0.3) is 0 Å². The number of rotatable bonds is 3. The lowest BCUT2D eigenvalue weighted by molar-refractivity contribution is 1.41. The molecule has 0 aliphatic heterocycles. The zero-order valence-electron chi connectivity index (χ0n) is 13.7. The van der Waals surface area contributed by atoms with Crippen molar-refractivity contribution >= 4 is 50.2 Å². The first-order chi connectivity index (χ1) is 12.3. The third-order valence-electron chi connectivity index (χ3n) is 4.85. The summed E-state index contributed by atoms with van der Waals surface area (Å²) < 4.78 is 0. The maximum atomic E-state index is 3.95. The zero-order valence-corrected chi connectivity index (χ0v) is 14.5. The van der Waals surface area contributed by atoms with Gasteiger partial charge in [-0.05, 0) is 50.0 Å². The number of hydrogen-bond donors (Lipinski definition) is 0. The lowest BCUT2D eigenvalue weighted by Crippen LogP contribution is -1.86. The highest BCUT2D eigenvalue weighted by Gasteiger charge is 2.12. The first kappa shape index (κ1) is 14.6. The summed E-state index contributed by atoms with van der Waals surface area (Å²) in [4.78, 5) is 2.53. The average molecular weight is 336 g/mol. The Hall–Kier alpha value is -2.77. The van der Waals surface area contributed by atoms with E-state index in [0.29, 0.717) is 0 Å². The lowest BCUT2D eigenvalue weighted by atomic mass is 9.94. The Balaban J connectivity index is 1.80. The van der Waals surface area contributed by atoms with Gasteiger partial charge in [0.15, 0.2) is 0 Å². The Morgan fingerprint density at radius 2 is 1.28 bits per heavy atom. The van der Waals surface area contributed by atoms with Crippen LogP contribution in [0.5, 0.6) is 0 Å². The summed E-state index contributed by atoms with van der Waals surface area (Å²) in [6.45, 7) is 3.95. The van der Waals surface area contributed by atoms with Crippen molar-refractivity contribution in [2.45, 2.75) is 9.79 Å². The maximum absolute atomic E-state index is 3.95. The van der Waals surface area contributed by atoms with Crippen molar-refractivity contribution in [2.24, 2.45) is 0 Å². The molecule has 0 saturated heterocycles. The van der Waals surface area contributed by atoms with Gasteiger partial charge in [0.2, 0.25) is 0 Å². The van der Waals surface area contributed by atoms with Gasteiger partial charge >= 0.3 is 0 Å². The van der Waals surface area contributed by atoms with Gasteiger partial charge in [0.1, 0.15) is 0 Å². The molecule has 0 aliphatic carbocycles. The van der Waals surface area contributed by atoms with E-state index in [2.05, 4.69) is 85.4 Å². The normalized spacial score (nSPS) is 11.5. The van der Waals surface area contributed by atoms with Crippen LogP contribution in [0, 0.1) is 0 Å². The van der Waals surface area contributed by atoms with Gasteiger partial charge in [0, 0.05) is 9.79 Å². The van der Waals surface area contributed by atoms with Crippen LogP contribution in [0.2, 0.25) is 0 Å². The molecule has 0 bridgehead atoms. The first-order valence-corrected chi connectivity index (χ1v) is 9.23. The molecule has 0 heterocycles. The average Bonchev–Trinajstić information content (AvgIpc) is 2.67. The fourth-order valence-electron chi connectivity index (χ4n) is 3.66. The molecule has 5 aromatic rings. The molecule has 0 nitrogen and oxygen atoms in total. The van der Waals surface area contributed by atoms with Crippen LogP contribution >= 0.6 is 11.8 Å². The van der Waals surface area contributed by atoms with Crippen molar-refractivity contribution in [2.75, 3.05) is 0 Å². The van der Waals surface area contributed by atoms with E-state index in [9.17, 15) is 0 Å². The molecule has 0 spiro atoms. The summed E-state index contributed by atoms with van der Waals surface area (Å²) in [5, 5.41) is 7.99. The second-order valence-electron chi connectivity index (χ2n) is 6.26. The topological polar surface area (TPSA) is 0 Å². The minimum absolute atomic E-state index is 1.18. The van der Waals surface area contributed by atoms with Gasteiger partial charge in [0.05, 0.1) is 0 Å². The summed E-state index contributed by atoms with van der Waals surface area (Å²) in [7, 11) is 0. The Morgan fingerprint density at radius 1 is 0.600 bits per heavy atom. The predicted molar refractivity (Wildman–Crippen MR) is 111 cm³/mol. The van der Waals surface area contributed by atoms with E-state index in [1.807, 2.05) is 17.8 Å². The van der Waals surface area contributed by atoms with Gasteiger partial charge in [-0.25, -0.2) is 0 Å². The van der Waals surface area contributed by atoms with Gasteiger partial charge < -0.3 is 0 Å². The molecule has 5 aromatic carbocycles. The highest BCUT2D eigenvalue weighted by atomic mass is 32.2. The minimum atomic E-state index is 1.18. The van der Waals surface area contributed by atoms with E-state index in [1.54, 1.807) is 0 Å². The predicted octanol–water partition coefficient (Wildman–Crippen LogP) is 7.38. The van der Waals surface area contributed by atoms with Crippen LogP contribution in [0.1, 0.15) is 5.56 Å². The molecule has 0 aliphatic rings. The highest BCUT2D eigenvalue weighted by molar-refractivity contribution is 7.99. The summed E-state index contributed by atoms with van der Waals surface area (Å²) in [5.74, 6) is 0. The minimum Gasteiger partial charge on any atom is -0.0984 e. The fourth-order valence-corrected chi connectivity index (χ4v) is 4.73. The monoisotopic (exact) mass is 336 g/mol. The van der Waals surface area contributed by atoms with E-state index >= 15 is 0 Å². The molecule has 1 heteroatoms. The molecule has 0 saturated carbocycles. The van der Waals surface area contributed by atoms with Crippen LogP contribution in [0.4, 0.5) is 0 Å². The van der Waals surface area contributed by atoms with Crippen molar-refractivity contribution in [1.82, 2.24) is 0 Å². The smallest absolute Gasteiger partial charge is 0.0201 e. The summed E-state index contributed by atoms with van der Waals surface area (Å²) in [6, 6.07) is 28.4. The second-order valence-corrected chi connectivity index (χ2v) is 7.35. The molecule has 0 amide bonds. The van der Waals surface area contributed by atoms with E-state index in [4.69, 9.17) is 0 Å². The molecule has 5 rings (SSSR count). The van der Waals surface area contributed by atoms with Crippen LogP contribution in [-0.4, -0.2) is 0 Å². The summed E-state index contributed by atoms with van der Waals surface area (Å²) >= 11 is 1.82. The highest BCUT2D eigenvalue weighted by Crippen LogP contribution is 2.41. The van der Waals surface area contributed by atoms with E-state index in [-0.39, 0.29) is 0 Å². The van der Waals surface area contributed by atoms with Crippen molar-refractivity contribution in [1.29, 1.82) is 0 Å². The molecule has 0 fully saturated rings. The molecular weight excluding hydrogens is 320 g/mol. The van der Waals surface area contributed by atoms with Crippen molar-refractivity contribution in [3.8, 4) is 0 Å². The molecule has 0 radical (unpaired) electrons. The fraction of sp³-hybridized carbons (Fsp3) is 0. The summed E-state index contributed by atoms with van der Waals surface area (Å²) in [6.07, 6.45) is 1.93. The van der Waals surface area contributed by atoms with Gasteiger partial charge in [-0.1, -0.05) is 91.1 Å². The van der Waals surface area contributed by atoms with Crippen molar-refractivity contribution in [3.05, 3.63) is 91.0 Å². The first-order valence-electron chi connectivity index (χ1n) is 8.41. The Labute approximate surface area is 151 Å². The van der Waals surface area contributed by atoms with E-state index in [1.165, 1.54) is 47.7 Å². The van der Waals surface area contributed by atoms with Crippen molar-refractivity contribution < 1.29 is 0 Å². The third-order valence-corrected chi connectivity index (χ3v) is 6.02. The van der Waals surface area contributed by atoms with E-state index in [0.717, 1.165) is 0 Å². The maximum Gasteiger partial charge on any atom is 0.0201 e. The standard InChI is InChI=1S/C24H16S/c1-2-16-6-3-4-9-21(16)25-22-15-13-19-11-10-17-7-5-8-18-12-14-20(22)24(19)23(17)18/h2-15H,1H2. The van der Waals surface area contributed by atoms with Crippen LogP contribution < -0.4 is 0 Å². The molecule has 118 valence electrons. The zero-order chi connectivity index (χ0) is 16.8. The molecule has 0 atom stereocenters. The van der Waals surface area contributed by atoms with Gasteiger partial charge in [-0.2, -0.15) is 0 Å². The molecule has 0 N–H and O–H groups in total. The van der Waals surface area contributed by atoms with E-state index < -0.39 is 0 Å². The van der Waals surface area contributed by atoms with Crippen molar-refractivity contribution in [3.63, 3.8) is 0 Å². The van der Waals surface area contributed by atoms with Crippen LogP contribution in [0.15, 0.2) is 95.2 Å². The number of benzene rings is 5. The van der Waals surface area contributed by atoms with Crippen LogP contribution in [0.3, 0.4) is 0 Å². The molecule has 25 heavy (non-hydrogen) atoms. The lowest BCUT2D eigenvalue weighted by Gasteiger charge is -2.14. The molecular formula is C24H16S. The summed E-state index contributed by atoms with van der Waals surface area (Å²) in [5.41, 5.74) is 1.18. The quantitative estimate of drug-likeness (QED) is 0.310. The molecule has 0 aromatic heterocycles. The SMILES string of the molecule is C=Cc1ccccc1Sc1ccc2ccc3cccc4ccc1c2c34. The van der Waals surface area contributed by atoms with Gasteiger partial charge in [-0.3, -0.25) is 0 Å². The van der Waals surface area contributed by atoms with Gasteiger partial charge in [-0.15, -0.1) is 0 Å².